The Labute approximate surface area is 119 Å². The zero-order chi connectivity index (χ0) is 14.7. The first-order valence-electron chi connectivity index (χ1n) is 6.24. The van der Waals surface area contributed by atoms with Gasteiger partial charge in [0.15, 0.2) is 6.29 Å². The van der Waals surface area contributed by atoms with Gasteiger partial charge in [-0.3, -0.25) is 14.9 Å². The molecule has 0 aliphatic carbocycles. The fraction of sp³-hybridized carbons (Fsp3) is 0. The fourth-order valence-corrected chi connectivity index (χ4v) is 1.94. The van der Waals surface area contributed by atoms with Gasteiger partial charge in [-0.25, -0.2) is 4.39 Å². The van der Waals surface area contributed by atoms with Crippen molar-refractivity contribution >= 4 is 17.7 Å². The Morgan fingerprint density at radius 1 is 1.19 bits per heavy atom. The van der Waals surface area contributed by atoms with Crippen LogP contribution in [0.25, 0.3) is 11.3 Å². The molecule has 0 spiro atoms. The molecule has 0 fully saturated rings. The molecule has 0 radical (unpaired) electrons. The van der Waals surface area contributed by atoms with Gasteiger partial charge in [0.05, 0.1) is 23.3 Å². The standard InChI is InChI=1S/C15H11FN4O/c16-10-1-3-11(4-2-10)18-15-8-17-6-5-13(15)14-7-12(9-21)19-20-14/h1-9,18H,(H,19,20). The van der Waals surface area contributed by atoms with Gasteiger partial charge in [0.2, 0.25) is 0 Å². The number of nitrogens with zero attached hydrogens (tertiary/aromatic N) is 2. The highest BCUT2D eigenvalue weighted by molar-refractivity contribution is 5.81. The Kier molecular flexibility index (Phi) is 3.42. The van der Waals surface area contributed by atoms with E-state index in [1.807, 2.05) is 0 Å². The van der Waals surface area contributed by atoms with Crippen LogP contribution in [-0.4, -0.2) is 21.5 Å². The first-order chi connectivity index (χ1) is 10.3. The summed E-state index contributed by atoms with van der Waals surface area (Å²) in [5, 5.41) is 9.88. The molecule has 104 valence electrons. The third kappa shape index (κ3) is 2.79. The predicted molar refractivity (Wildman–Crippen MR) is 76.9 cm³/mol. The lowest BCUT2D eigenvalue weighted by atomic mass is 10.1. The van der Waals surface area contributed by atoms with Crippen molar-refractivity contribution < 1.29 is 9.18 Å². The topological polar surface area (TPSA) is 70.7 Å². The van der Waals surface area contributed by atoms with Gasteiger partial charge in [-0.2, -0.15) is 5.10 Å². The molecule has 0 saturated heterocycles. The van der Waals surface area contributed by atoms with Crippen LogP contribution in [0.5, 0.6) is 0 Å². The van der Waals surface area contributed by atoms with E-state index in [2.05, 4.69) is 20.5 Å². The van der Waals surface area contributed by atoms with Crippen LogP contribution in [0.15, 0.2) is 48.8 Å². The Morgan fingerprint density at radius 3 is 2.71 bits per heavy atom. The number of carbonyl (C=O) groups is 1. The molecule has 0 bridgehead atoms. The van der Waals surface area contributed by atoms with Crippen LogP contribution in [-0.2, 0) is 0 Å². The van der Waals surface area contributed by atoms with Crippen LogP contribution in [0.1, 0.15) is 10.5 Å². The molecular formula is C15H11FN4O. The number of rotatable bonds is 4. The van der Waals surface area contributed by atoms with Gasteiger partial charge >= 0.3 is 0 Å². The maximum Gasteiger partial charge on any atom is 0.167 e. The molecule has 0 unspecified atom stereocenters. The molecule has 0 saturated carbocycles. The zero-order valence-corrected chi connectivity index (χ0v) is 10.9. The first kappa shape index (κ1) is 13.0. The minimum absolute atomic E-state index is 0.296. The van der Waals surface area contributed by atoms with Crippen molar-refractivity contribution in [2.45, 2.75) is 0 Å². The normalized spacial score (nSPS) is 10.3. The lowest BCUT2D eigenvalue weighted by Gasteiger charge is -2.09. The summed E-state index contributed by atoms with van der Waals surface area (Å²) < 4.78 is 12.9. The smallest absolute Gasteiger partial charge is 0.167 e. The summed E-state index contributed by atoms with van der Waals surface area (Å²) in [5.41, 5.74) is 3.27. The van der Waals surface area contributed by atoms with Crippen molar-refractivity contribution in [2.75, 3.05) is 5.32 Å². The lowest BCUT2D eigenvalue weighted by molar-refractivity contribution is 0.111. The van der Waals surface area contributed by atoms with E-state index in [9.17, 15) is 9.18 Å². The molecule has 0 aliphatic heterocycles. The van der Waals surface area contributed by atoms with Crippen LogP contribution in [0.2, 0.25) is 0 Å². The molecule has 6 heteroatoms. The van der Waals surface area contributed by atoms with Crippen LogP contribution in [0.4, 0.5) is 15.8 Å². The maximum absolute atomic E-state index is 12.9. The summed E-state index contributed by atoms with van der Waals surface area (Å²) in [4.78, 5) is 14.8. The van der Waals surface area contributed by atoms with E-state index in [1.54, 1.807) is 36.7 Å². The maximum atomic E-state index is 12.9. The number of benzene rings is 1. The second-order valence-corrected chi connectivity index (χ2v) is 4.38. The van der Waals surface area contributed by atoms with E-state index < -0.39 is 0 Å². The van der Waals surface area contributed by atoms with Gasteiger partial charge < -0.3 is 5.32 Å². The van der Waals surface area contributed by atoms with E-state index in [1.165, 1.54) is 12.1 Å². The highest BCUT2D eigenvalue weighted by atomic mass is 19.1. The zero-order valence-electron chi connectivity index (χ0n) is 10.9. The van der Waals surface area contributed by atoms with Gasteiger partial charge in [0.1, 0.15) is 5.82 Å². The number of carbonyl (C=O) groups excluding carboxylic acids is 1. The van der Waals surface area contributed by atoms with Crippen molar-refractivity contribution in [1.29, 1.82) is 0 Å². The van der Waals surface area contributed by atoms with Crippen molar-refractivity contribution in [2.24, 2.45) is 0 Å². The summed E-state index contributed by atoms with van der Waals surface area (Å²) >= 11 is 0. The summed E-state index contributed by atoms with van der Waals surface area (Å²) in [7, 11) is 0. The Bertz CT molecular complexity index is 767. The molecule has 2 aromatic heterocycles. The van der Waals surface area contributed by atoms with E-state index in [0.29, 0.717) is 23.4 Å². The van der Waals surface area contributed by atoms with Gasteiger partial charge in [-0.15, -0.1) is 0 Å². The molecule has 2 N–H and O–H groups in total. The summed E-state index contributed by atoms with van der Waals surface area (Å²) in [6.07, 6.45) is 3.99. The molecule has 0 atom stereocenters. The summed E-state index contributed by atoms with van der Waals surface area (Å²) in [6, 6.07) is 9.45. The van der Waals surface area contributed by atoms with E-state index in [4.69, 9.17) is 0 Å². The van der Waals surface area contributed by atoms with Crippen LogP contribution in [0, 0.1) is 5.82 Å². The second kappa shape index (κ2) is 5.54. The van der Waals surface area contributed by atoms with E-state index >= 15 is 0 Å². The van der Waals surface area contributed by atoms with Crippen molar-refractivity contribution in [3.63, 3.8) is 0 Å². The average Bonchev–Trinajstić information content (AvgIpc) is 2.99. The SMILES string of the molecule is O=Cc1cc(-c2ccncc2Nc2ccc(F)cc2)n[nH]1. The monoisotopic (exact) mass is 282 g/mol. The fourth-order valence-electron chi connectivity index (χ4n) is 1.94. The highest BCUT2D eigenvalue weighted by Crippen LogP contribution is 2.28. The number of anilines is 2. The molecule has 5 nitrogen and oxygen atoms in total. The predicted octanol–water partition coefficient (Wildman–Crippen LogP) is 3.17. The number of aromatic nitrogens is 3. The number of hydrogen-bond donors (Lipinski definition) is 2. The number of halogens is 1. The van der Waals surface area contributed by atoms with Gasteiger partial charge in [-0.1, -0.05) is 0 Å². The van der Waals surface area contributed by atoms with Crippen molar-refractivity contribution in [3.05, 3.63) is 60.3 Å². The number of hydrogen-bond acceptors (Lipinski definition) is 4. The van der Waals surface area contributed by atoms with Gasteiger partial charge in [-0.05, 0) is 36.4 Å². The summed E-state index contributed by atoms with van der Waals surface area (Å²) in [5.74, 6) is -0.296. The highest BCUT2D eigenvalue weighted by Gasteiger charge is 2.09. The van der Waals surface area contributed by atoms with Crippen molar-refractivity contribution in [3.8, 4) is 11.3 Å². The van der Waals surface area contributed by atoms with Crippen LogP contribution >= 0.6 is 0 Å². The second-order valence-electron chi connectivity index (χ2n) is 4.38. The third-order valence-electron chi connectivity index (χ3n) is 2.94. The van der Waals surface area contributed by atoms with Crippen molar-refractivity contribution in [1.82, 2.24) is 15.2 Å². The number of aldehydes is 1. The Morgan fingerprint density at radius 2 is 2.00 bits per heavy atom. The van der Waals surface area contributed by atoms with Gasteiger partial charge in [0, 0.05) is 17.4 Å². The van der Waals surface area contributed by atoms with Crippen LogP contribution in [0.3, 0.4) is 0 Å². The first-order valence-corrected chi connectivity index (χ1v) is 6.24. The molecule has 0 aliphatic rings. The number of nitrogens with one attached hydrogen (secondary N) is 2. The van der Waals surface area contributed by atoms with Crippen LogP contribution < -0.4 is 5.32 Å². The molecule has 3 rings (SSSR count). The van der Waals surface area contributed by atoms with E-state index in [0.717, 1.165) is 11.3 Å². The minimum atomic E-state index is -0.296. The Hall–Kier alpha value is -3.02. The molecule has 2 heterocycles. The Balaban J connectivity index is 1.95. The number of aromatic amines is 1. The molecular weight excluding hydrogens is 271 g/mol. The van der Waals surface area contributed by atoms with Gasteiger partial charge in [0.25, 0.3) is 0 Å². The largest absolute Gasteiger partial charge is 0.354 e. The number of H-pyrrole nitrogens is 1. The molecule has 21 heavy (non-hydrogen) atoms. The number of pyridine rings is 1. The molecule has 3 aromatic rings. The third-order valence-corrected chi connectivity index (χ3v) is 2.94. The molecule has 1 aromatic carbocycles. The summed E-state index contributed by atoms with van der Waals surface area (Å²) in [6.45, 7) is 0. The quantitative estimate of drug-likeness (QED) is 0.721. The average molecular weight is 282 g/mol. The molecule has 0 amide bonds. The van der Waals surface area contributed by atoms with E-state index in [-0.39, 0.29) is 5.82 Å². The lowest BCUT2D eigenvalue weighted by Crippen LogP contribution is -1.94. The minimum Gasteiger partial charge on any atom is -0.354 e.